The zero-order chi connectivity index (χ0) is 20.4. The second-order valence-electron chi connectivity index (χ2n) is 6.92. The van der Waals surface area contributed by atoms with Crippen molar-refractivity contribution in [1.82, 2.24) is 14.9 Å². The average Bonchev–Trinajstić information content (AvgIpc) is 2.77. The fourth-order valence-corrected chi connectivity index (χ4v) is 3.72. The Labute approximate surface area is 169 Å². The molecule has 1 aromatic heterocycles. The molecular formula is C23H23FN4O. The number of anilines is 1. The summed E-state index contributed by atoms with van der Waals surface area (Å²) in [5, 5.41) is 0.889. The van der Waals surface area contributed by atoms with Crippen LogP contribution in [0.5, 0.6) is 5.75 Å². The Bertz CT molecular complexity index is 1070. The maximum absolute atomic E-state index is 14.4. The van der Waals surface area contributed by atoms with Crippen molar-refractivity contribution in [2.75, 3.05) is 38.2 Å². The van der Waals surface area contributed by atoms with Crippen molar-refractivity contribution in [1.29, 1.82) is 0 Å². The lowest BCUT2D eigenvalue weighted by atomic mass is 10.0. The topological polar surface area (TPSA) is 41.5 Å². The summed E-state index contributed by atoms with van der Waals surface area (Å²) in [5.74, 6) is 1.16. The molecule has 4 rings (SSSR count). The molecule has 0 aliphatic carbocycles. The number of halogens is 1. The monoisotopic (exact) mass is 390 g/mol. The Morgan fingerprint density at radius 3 is 2.55 bits per heavy atom. The first-order valence-corrected chi connectivity index (χ1v) is 9.51. The van der Waals surface area contributed by atoms with Crippen molar-refractivity contribution in [3.8, 4) is 16.9 Å². The smallest absolute Gasteiger partial charge is 0.140 e. The number of piperazine rings is 1. The summed E-state index contributed by atoms with van der Waals surface area (Å²) in [5.41, 5.74) is 2.86. The lowest BCUT2D eigenvalue weighted by molar-refractivity contribution is 0.331. The molecule has 5 nitrogen and oxygen atoms in total. The van der Waals surface area contributed by atoms with Gasteiger partial charge in [0, 0.05) is 48.4 Å². The molecule has 0 spiro atoms. The molecule has 0 N–H and O–H groups in total. The van der Waals surface area contributed by atoms with Crippen LogP contribution >= 0.6 is 0 Å². The van der Waals surface area contributed by atoms with E-state index in [9.17, 15) is 4.39 Å². The molecule has 1 fully saturated rings. The lowest BCUT2D eigenvalue weighted by Crippen LogP contribution is -2.45. The number of hydrogen-bond donors (Lipinski definition) is 0. The van der Waals surface area contributed by atoms with E-state index in [1.165, 1.54) is 6.07 Å². The number of allylic oxidation sites excluding steroid dienone is 1. The number of ether oxygens (including phenoxy) is 1. The second-order valence-corrected chi connectivity index (χ2v) is 6.92. The van der Waals surface area contributed by atoms with Gasteiger partial charge < -0.3 is 14.5 Å². The van der Waals surface area contributed by atoms with Gasteiger partial charge in [0.25, 0.3) is 0 Å². The van der Waals surface area contributed by atoms with E-state index in [0.717, 1.165) is 48.6 Å². The van der Waals surface area contributed by atoms with E-state index in [-0.39, 0.29) is 5.82 Å². The Kier molecular flexibility index (Phi) is 5.16. The summed E-state index contributed by atoms with van der Waals surface area (Å²) in [7, 11) is 1.59. The van der Waals surface area contributed by atoms with E-state index in [1.807, 2.05) is 18.2 Å². The van der Waals surface area contributed by atoms with E-state index >= 15 is 0 Å². The first kappa shape index (κ1) is 18.9. The second kappa shape index (κ2) is 7.91. The summed E-state index contributed by atoms with van der Waals surface area (Å²) in [4.78, 5) is 13.4. The molecule has 1 saturated heterocycles. The Balaban J connectivity index is 1.74. The van der Waals surface area contributed by atoms with Crippen LogP contribution in [0.3, 0.4) is 0 Å². The van der Waals surface area contributed by atoms with Gasteiger partial charge in [-0.15, -0.1) is 0 Å². The maximum Gasteiger partial charge on any atom is 0.140 e. The molecule has 2 heterocycles. The van der Waals surface area contributed by atoms with Crippen LogP contribution in [-0.2, 0) is 0 Å². The molecule has 29 heavy (non-hydrogen) atoms. The molecular weight excluding hydrogens is 367 g/mol. The van der Waals surface area contributed by atoms with Crippen LogP contribution in [0.1, 0.15) is 0 Å². The minimum atomic E-state index is -0.294. The fourth-order valence-electron chi connectivity index (χ4n) is 3.72. The quantitative estimate of drug-likeness (QED) is 0.609. The van der Waals surface area contributed by atoms with Gasteiger partial charge in [-0.05, 0) is 24.3 Å². The van der Waals surface area contributed by atoms with Gasteiger partial charge >= 0.3 is 0 Å². The van der Waals surface area contributed by atoms with Gasteiger partial charge in [-0.2, -0.15) is 0 Å². The number of hydrogen-bond acceptors (Lipinski definition) is 5. The molecule has 0 amide bonds. The van der Waals surface area contributed by atoms with Crippen molar-refractivity contribution in [3.63, 3.8) is 0 Å². The predicted molar refractivity (Wildman–Crippen MR) is 115 cm³/mol. The number of fused-ring (bicyclic) bond motifs is 1. The minimum Gasteiger partial charge on any atom is -0.496 e. The standard InChI is InChI=1S/C23H23FN4O/c1-4-16(2)27-9-11-28(12-10-27)23-19-14-22(29-3)18(13-21(19)25-15-26-23)17-7-5-6-8-20(17)24/h4-8,13-15H,1-2,9-12H2,3H3. The molecule has 6 heteroatoms. The van der Waals surface area contributed by atoms with Crippen LogP contribution in [-0.4, -0.2) is 48.2 Å². The van der Waals surface area contributed by atoms with E-state index in [0.29, 0.717) is 16.9 Å². The van der Waals surface area contributed by atoms with Gasteiger partial charge in [0.2, 0.25) is 0 Å². The van der Waals surface area contributed by atoms with Crippen LogP contribution in [0.2, 0.25) is 0 Å². The number of benzene rings is 2. The van der Waals surface area contributed by atoms with Crippen molar-refractivity contribution >= 4 is 16.7 Å². The van der Waals surface area contributed by atoms with Crippen LogP contribution in [0.4, 0.5) is 10.2 Å². The van der Waals surface area contributed by atoms with Crippen molar-refractivity contribution in [3.05, 3.63) is 73.5 Å². The predicted octanol–water partition coefficient (Wildman–Crippen LogP) is 4.27. The Morgan fingerprint density at radius 2 is 1.86 bits per heavy atom. The third kappa shape index (κ3) is 3.53. The largest absolute Gasteiger partial charge is 0.496 e. The number of methoxy groups -OCH3 is 1. The summed E-state index contributed by atoms with van der Waals surface area (Å²) >= 11 is 0. The van der Waals surface area contributed by atoms with Gasteiger partial charge in [-0.25, -0.2) is 14.4 Å². The van der Waals surface area contributed by atoms with Crippen LogP contribution < -0.4 is 9.64 Å². The zero-order valence-electron chi connectivity index (χ0n) is 16.4. The fraction of sp³-hybridized carbons (Fsp3) is 0.217. The number of rotatable bonds is 5. The van der Waals surface area contributed by atoms with Gasteiger partial charge in [0.1, 0.15) is 23.7 Å². The first-order valence-electron chi connectivity index (χ1n) is 9.51. The van der Waals surface area contributed by atoms with Gasteiger partial charge in [0.15, 0.2) is 0 Å². The van der Waals surface area contributed by atoms with E-state index in [1.54, 1.807) is 31.6 Å². The molecule has 2 aromatic carbocycles. The summed E-state index contributed by atoms with van der Waals surface area (Å²) in [6.07, 6.45) is 3.34. The highest BCUT2D eigenvalue weighted by Crippen LogP contribution is 2.37. The average molecular weight is 390 g/mol. The molecule has 0 bridgehead atoms. The van der Waals surface area contributed by atoms with E-state index in [4.69, 9.17) is 4.74 Å². The highest BCUT2D eigenvalue weighted by atomic mass is 19.1. The molecule has 148 valence electrons. The van der Waals surface area contributed by atoms with Crippen LogP contribution in [0.25, 0.3) is 22.0 Å². The van der Waals surface area contributed by atoms with Crippen molar-refractivity contribution in [2.45, 2.75) is 0 Å². The van der Waals surface area contributed by atoms with Gasteiger partial charge in [0.05, 0.1) is 12.6 Å². The molecule has 0 saturated carbocycles. The summed E-state index contributed by atoms with van der Waals surface area (Å²) in [6.45, 7) is 11.2. The van der Waals surface area contributed by atoms with Gasteiger partial charge in [-0.3, -0.25) is 0 Å². The van der Waals surface area contributed by atoms with Crippen LogP contribution in [0, 0.1) is 5.82 Å². The SMILES string of the molecule is C=CC(=C)N1CCN(c2ncnc3cc(-c4ccccc4F)c(OC)cc23)CC1. The number of nitrogens with zero attached hydrogens (tertiary/aromatic N) is 4. The van der Waals surface area contributed by atoms with Crippen molar-refractivity contribution < 1.29 is 9.13 Å². The van der Waals surface area contributed by atoms with Gasteiger partial charge in [-0.1, -0.05) is 31.4 Å². The van der Waals surface area contributed by atoms with Crippen molar-refractivity contribution in [2.24, 2.45) is 0 Å². The van der Waals surface area contributed by atoms with E-state index in [2.05, 4.69) is 32.9 Å². The zero-order valence-corrected chi connectivity index (χ0v) is 16.4. The summed E-state index contributed by atoms with van der Waals surface area (Å²) < 4.78 is 20.0. The third-order valence-electron chi connectivity index (χ3n) is 5.32. The molecule has 1 aliphatic heterocycles. The maximum atomic E-state index is 14.4. The molecule has 1 aliphatic rings. The Hall–Kier alpha value is -3.41. The van der Waals surface area contributed by atoms with Crippen LogP contribution in [0.15, 0.2) is 67.7 Å². The highest BCUT2D eigenvalue weighted by Gasteiger charge is 2.21. The summed E-state index contributed by atoms with van der Waals surface area (Å²) in [6, 6.07) is 10.4. The van der Waals surface area contributed by atoms with E-state index < -0.39 is 0 Å². The molecule has 3 aromatic rings. The molecule has 0 atom stereocenters. The highest BCUT2D eigenvalue weighted by molar-refractivity contribution is 5.95. The minimum absolute atomic E-state index is 0.294. The molecule has 0 radical (unpaired) electrons. The molecule has 0 unspecified atom stereocenters. The first-order chi connectivity index (χ1) is 14.1. The normalized spacial score (nSPS) is 14.1. The third-order valence-corrected chi connectivity index (χ3v) is 5.32. The Morgan fingerprint density at radius 1 is 1.10 bits per heavy atom. The number of aromatic nitrogens is 2. The lowest BCUT2D eigenvalue weighted by Gasteiger charge is -2.37.